The molecule has 13 heteroatoms. The van der Waals surface area contributed by atoms with Gasteiger partial charge in [0, 0.05) is 89.5 Å². The maximum Gasteiger partial charge on any atom is 0.410 e. The van der Waals surface area contributed by atoms with E-state index >= 15 is 0 Å². The van der Waals surface area contributed by atoms with E-state index in [0.29, 0.717) is 104 Å². The van der Waals surface area contributed by atoms with Gasteiger partial charge in [0.2, 0.25) is 17.7 Å². The number of hydrogen-bond donors (Lipinski definition) is 1. The van der Waals surface area contributed by atoms with Crippen LogP contribution >= 0.6 is 0 Å². The number of rotatable bonds is 11. The number of amides is 4. The quantitative estimate of drug-likeness (QED) is 0.241. The molecule has 4 amide bonds. The number of carbonyl (C=O) groups excluding carboxylic acids is 5. The number of benzene rings is 2. The van der Waals surface area contributed by atoms with Crippen LogP contribution in [0, 0.1) is 24.7 Å². The molecule has 2 atom stereocenters. The Morgan fingerprint density at radius 1 is 0.844 bits per heavy atom. The number of fused-ring (bicyclic) bond motifs is 2. The molecule has 5 heterocycles. The topological polar surface area (TPSA) is 145 Å². The summed E-state index contributed by atoms with van der Waals surface area (Å²) in [5, 5.41) is 3.23. The molecule has 3 aromatic rings. The van der Waals surface area contributed by atoms with Crippen LogP contribution < -0.4 is 10.2 Å². The Morgan fingerprint density at radius 3 is 2.27 bits per heavy atom. The standard InChI is InChI=1S/C51H63N7O6/c1-34-25-36(27-41-32-53-33-44(34)41)26-40(31-47(60)56-19-13-37(14-20-56)43-29-38-7-5-6-8-39(38)30-46(43)59)48(61)54-45(28-35-11-17-58(18-12-35)50(63)64-51(2,3)4)49(62)57-23-21-55(22-24-57)42-9-15-52-16-10-42/h5-10,15-16,25,27,29,32,35,37,40,45H,11-14,17-24,26,28,30-31,33H2,1-4H3,(H,54,61)/t40-,45-/m0/s1. The molecule has 4 aliphatic heterocycles. The summed E-state index contributed by atoms with van der Waals surface area (Å²) >= 11 is 0. The lowest BCUT2D eigenvalue weighted by atomic mass is 9.80. The second-order valence-corrected chi connectivity index (χ2v) is 19.3. The molecule has 0 bridgehead atoms. The van der Waals surface area contributed by atoms with Crippen LogP contribution in [0.1, 0.15) is 92.7 Å². The van der Waals surface area contributed by atoms with Crippen molar-refractivity contribution in [3.63, 3.8) is 0 Å². The Balaban J connectivity index is 0.982. The maximum absolute atomic E-state index is 14.8. The highest BCUT2D eigenvalue weighted by Crippen LogP contribution is 2.33. The van der Waals surface area contributed by atoms with Gasteiger partial charge >= 0.3 is 6.09 Å². The number of aryl methyl sites for hydroxylation is 1. The molecule has 3 saturated heterocycles. The minimum atomic E-state index is -0.799. The third kappa shape index (κ3) is 10.7. The number of aliphatic imine (C=N–C) groups is 1. The maximum atomic E-state index is 14.8. The van der Waals surface area contributed by atoms with E-state index in [0.717, 1.165) is 39.1 Å². The molecule has 3 fully saturated rings. The Bertz CT molecular complexity index is 2280. The number of piperidine rings is 2. The molecule has 338 valence electrons. The number of ketones is 1. The number of allylic oxidation sites excluding steroid dienone is 1. The monoisotopic (exact) mass is 869 g/mol. The van der Waals surface area contributed by atoms with E-state index in [1.165, 1.54) is 5.56 Å². The van der Waals surface area contributed by atoms with Crippen LogP contribution in [0.4, 0.5) is 10.5 Å². The van der Waals surface area contributed by atoms with Crippen molar-refractivity contribution in [2.24, 2.45) is 22.7 Å². The fourth-order valence-corrected chi connectivity index (χ4v) is 10.1. The molecule has 0 radical (unpaired) electrons. The van der Waals surface area contributed by atoms with Gasteiger partial charge in [-0.25, -0.2) is 4.79 Å². The van der Waals surface area contributed by atoms with E-state index < -0.39 is 17.6 Å². The molecule has 0 spiro atoms. The molecule has 8 rings (SSSR count). The first-order valence-corrected chi connectivity index (χ1v) is 23.2. The highest BCUT2D eigenvalue weighted by atomic mass is 16.6. The van der Waals surface area contributed by atoms with Crippen LogP contribution in [0.5, 0.6) is 0 Å². The van der Waals surface area contributed by atoms with Crippen molar-refractivity contribution in [3.8, 4) is 0 Å². The van der Waals surface area contributed by atoms with E-state index in [-0.39, 0.29) is 47.9 Å². The van der Waals surface area contributed by atoms with Gasteiger partial charge in [-0.05, 0) is 141 Å². The Kier molecular flexibility index (Phi) is 13.6. The van der Waals surface area contributed by atoms with Crippen LogP contribution in [0.3, 0.4) is 0 Å². The normalized spacial score (nSPS) is 19.1. The summed E-state index contributed by atoms with van der Waals surface area (Å²) in [5.41, 5.74) is 7.70. The molecule has 13 nitrogen and oxygen atoms in total. The number of pyridine rings is 1. The summed E-state index contributed by atoms with van der Waals surface area (Å²) in [6, 6.07) is 15.3. The summed E-state index contributed by atoms with van der Waals surface area (Å²) in [5.74, 6) is -0.942. The summed E-state index contributed by atoms with van der Waals surface area (Å²) in [6.45, 7) is 12.6. The summed E-state index contributed by atoms with van der Waals surface area (Å²) in [6.07, 6.45) is 11.0. The van der Waals surface area contributed by atoms with Crippen molar-refractivity contribution in [3.05, 3.63) is 99.9 Å². The molecule has 1 aliphatic carbocycles. The van der Waals surface area contributed by atoms with Gasteiger partial charge < -0.3 is 29.7 Å². The van der Waals surface area contributed by atoms with E-state index in [9.17, 15) is 24.0 Å². The van der Waals surface area contributed by atoms with Gasteiger partial charge in [0.15, 0.2) is 5.78 Å². The predicted molar refractivity (Wildman–Crippen MR) is 247 cm³/mol. The van der Waals surface area contributed by atoms with Crippen LogP contribution in [0.25, 0.3) is 6.08 Å². The number of nitrogens with zero attached hydrogens (tertiary/aromatic N) is 6. The van der Waals surface area contributed by atoms with Gasteiger partial charge in [0.1, 0.15) is 11.6 Å². The molecule has 2 aromatic carbocycles. The number of piperazine rings is 1. The van der Waals surface area contributed by atoms with Crippen LogP contribution in [-0.2, 0) is 43.3 Å². The molecular formula is C51H63N7O6. The number of likely N-dealkylation sites (tertiary alicyclic amines) is 2. The molecule has 5 aliphatic rings. The smallest absolute Gasteiger partial charge is 0.410 e. The summed E-state index contributed by atoms with van der Waals surface area (Å²) < 4.78 is 5.64. The Labute approximate surface area is 377 Å². The highest BCUT2D eigenvalue weighted by molar-refractivity contribution is 6.04. The Hall–Kier alpha value is -5.85. The predicted octanol–water partition coefficient (Wildman–Crippen LogP) is 6.19. The minimum absolute atomic E-state index is 0.00445. The van der Waals surface area contributed by atoms with Gasteiger partial charge in [-0.2, -0.15) is 0 Å². The van der Waals surface area contributed by atoms with Gasteiger partial charge in [0.05, 0.1) is 12.5 Å². The number of hydrogen-bond acceptors (Lipinski definition) is 9. The third-order valence-electron chi connectivity index (χ3n) is 13.7. The third-order valence-corrected chi connectivity index (χ3v) is 13.7. The van der Waals surface area contributed by atoms with Crippen molar-refractivity contribution in [2.45, 2.75) is 97.2 Å². The average molecular weight is 870 g/mol. The number of nitrogens with one attached hydrogen (secondary N) is 1. The van der Waals surface area contributed by atoms with E-state index in [1.54, 1.807) is 17.3 Å². The molecule has 64 heavy (non-hydrogen) atoms. The lowest BCUT2D eigenvalue weighted by Crippen LogP contribution is -2.56. The van der Waals surface area contributed by atoms with Crippen molar-refractivity contribution < 1.29 is 28.7 Å². The zero-order valence-corrected chi connectivity index (χ0v) is 37.9. The fourth-order valence-electron chi connectivity index (χ4n) is 10.1. The fraction of sp³-hybridized carbons (Fsp3) is 0.510. The van der Waals surface area contributed by atoms with Crippen molar-refractivity contribution >= 4 is 47.6 Å². The minimum Gasteiger partial charge on any atom is -0.444 e. The second-order valence-electron chi connectivity index (χ2n) is 19.3. The zero-order chi connectivity index (χ0) is 45.0. The molecule has 0 unspecified atom stereocenters. The zero-order valence-electron chi connectivity index (χ0n) is 37.9. The number of aromatic nitrogens is 1. The van der Waals surface area contributed by atoms with Gasteiger partial charge in [-0.1, -0.05) is 30.3 Å². The Morgan fingerprint density at radius 2 is 1.55 bits per heavy atom. The number of ether oxygens (including phenoxy) is 1. The highest BCUT2D eigenvalue weighted by Gasteiger charge is 2.37. The van der Waals surface area contributed by atoms with Crippen molar-refractivity contribution in [1.29, 1.82) is 0 Å². The molecular weight excluding hydrogens is 807 g/mol. The second kappa shape index (κ2) is 19.5. The van der Waals surface area contributed by atoms with E-state index in [2.05, 4.69) is 45.3 Å². The molecule has 0 saturated carbocycles. The van der Waals surface area contributed by atoms with Crippen LogP contribution in [-0.4, -0.2) is 119 Å². The first kappa shape index (κ1) is 44.7. The van der Waals surface area contributed by atoms with Crippen molar-refractivity contribution in [1.82, 2.24) is 25.0 Å². The van der Waals surface area contributed by atoms with E-state index in [4.69, 9.17) is 4.74 Å². The van der Waals surface area contributed by atoms with Gasteiger partial charge in [0.25, 0.3) is 0 Å². The number of carbonyl (C=O) groups is 5. The first-order valence-electron chi connectivity index (χ1n) is 23.2. The lowest BCUT2D eigenvalue weighted by Gasteiger charge is -2.39. The van der Waals surface area contributed by atoms with Crippen molar-refractivity contribution in [2.75, 3.05) is 57.3 Å². The lowest BCUT2D eigenvalue weighted by molar-refractivity contribution is -0.140. The molecule has 1 N–H and O–H groups in total. The van der Waals surface area contributed by atoms with E-state index in [1.807, 2.05) is 73.2 Å². The largest absolute Gasteiger partial charge is 0.444 e. The van der Waals surface area contributed by atoms with Crippen LogP contribution in [0.15, 0.2) is 71.5 Å². The summed E-state index contributed by atoms with van der Waals surface area (Å²) in [4.78, 5) is 86.2. The first-order chi connectivity index (χ1) is 30.8. The van der Waals surface area contributed by atoms with Gasteiger partial charge in [-0.3, -0.25) is 29.2 Å². The van der Waals surface area contributed by atoms with Gasteiger partial charge in [-0.15, -0.1) is 0 Å². The SMILES string of the molecule is Cc1cc(C[C@@H](CC(=O)N2CCC(C3=Cc4ccccc4CC3=O)CC2)C(=O)N[C@@H](CC2CCN(C(=O)OC(C)(C)C)CC2)C(=O)N2CCN(c3ccncc3)CC2)cc2c1CN=C2. The number of anilines is 1. The van der Waals surface area contributed by atoms with Crippen LogP contribution in [0.2, 0.25) is 0 Å². The molecule has 1 aromatic heterocycles. The summed E-state index contributed by atoms with van der Waals surface area (Å²) in [7, 11) is 0. The average Bonchev–Trinajstić information content (AvgIpc) is 3.78. The number of Topliss-reactive ketones (excluding diaryl/α,β-unsaturated/α-hetero) is 1.